The molecule has 5 heteroatoms. The Morgan fingerprint density at radius 2 is 2.31 bits per heavy atom. The molecule has 0 fully saturated rings. The molecule has 0 saturated heterocycles. The molecule has 0 bridgehead atoms. The highest BCUT2D eigenvalue weighted by molar-refractivity contribution is 5.73. The number of nitrogen functional groups attached to an aromatic ring is 1. The van der Waals surface area contributed by atoms with Crippen LogP contribution in [0.25, 0.3) is 0 Å². The average Bonchev–Trinajstić information content (AvgIpc) is 2.08. The van der Waals surface area contributed by atoms with E-state index >= 15 is 0 Å². The second-order valence-electron chi connectivity index (χ2n) is 2.74. The quantitative estimate of drug-likeness (QED) is 0.589. The summed E-state index contributed by atoms with van der Waals surface area (Å²) in [5.41, 5.74) is 11.5. The van der Waals surface area contributed by atoms with Crippen molar-refractivity contribution < 1.29 is 9.90 Å². The number of carboxylic acids is 1. The third kappa shape index (κ3) is 2.72. The fourth-order valence-electron chi connectivity index (χ4n) is 0.898. The van der Waals surface area contributed by atoms with Gasteiger partial charge in [-0.1, -0.05) is 6.07 Å². The highest BCUT2D eigenvalue weighted by atomic mass is 16.4. The van der Waals surface area contributed by atoms with Gasteiger partial charge in [0.1, 0.15) is 11.9 Å². The van der Waals surface area contributed by atoms with E-state index in [4.69, 9.17) is 16.6 Å². The lowest BCUT2D eigenvalue weighted by molar-refractivity contribution is -0.138. The fourth-order valence-corrected chi connectivity index (χ4v) is 0.898. The molecule has 0 spiro atoms. The molecule has 1 rings (SSSR count). The Morgan fingerprint density at radius 1 is 1.62 bits per heavy atom. The first-order valence-electron chi connectivity index (χ1n) is 3.78. The number of carboxylic acid groups (broad SMARTS) is 1. The molecule has 0 aliphatic heterocycles. The standard InChI is InChI=1S/C8H11N3O2/c9-6(8(12)13)3-5-1-2-7(10)11-4-5/h1-2,4,6H,3,9H2,(H2,10,11)(H,12,13)/t6-/m0/s1. The zero-order chi connectivity index (χ0) is 9.84. The second-order valence-corrected chi connectivity index (χ2v) is 2.74. The smallest absolute Gasteiger partial charge is 0.320 e. The van der Waals surface area contributed by atoms with Crippen LogP contribution in [-0.4, -0.2) is 22.1 Å². The molecule has 1 aromatic rings. The van der Waals surface area contributed by atoms with Gasteiger partial charge in [-0.25, -0.2) is 4.98 Å². The van der Waals surface area contributed by atoms with Crippen molar-refractivity contribution >= 4 is 11.8 Å². The molecular weight excluding hydrogens is 170 g/mol. The number of nitrogens with zero attached hydrogens (tertiary/aromatic N) is 1. The zero-order valence-electron chi connectivity index (χ0n) is 6.97. The molecule has 0 radical (unpaired) electrons. The van der Waals surface area contributed by atoms with Crippen LogP contribution in [0.4, 0.5) is 5.82 Å². The highest BCUT2D eigenvalue weighted by Crippen LogP contribution is 2.03. The van der Waals surface area contributed by atoms with Gasteiger partial charge < -0.3 is 16.6 Å². The van der Waals surface area contributed by atoms with Crippen molar-refractivity contribution in [1.29, 1.82) is 0 Å². The lowest BCUT2D eigenvalue weighted by Gasteiger charge is -2.05. The molecule has 13 heavy (non-hydrogen) atoms. The van der Waals surface area contributed by atoms with Gasteiger partial charge in [-0.05, 0) is 18.1 Å². The van der Waals surface area contributed by atoms with E-state index in [0.717, 1.165) is 5.56 Å². The lowest BCUT2D eigenvalue weighted by atomic mass is 10.1. The van der Waals surface area contributed by atoms with Gasteiger partial charge in [-0.2, -0.15) is 0 Å². The maximum Gasteiger partial charge on any atom is 0.320 e. The highest BCUT2D eigenvalue weighted by Gasteiger charge is 2.11. The van der Waals surface area contributed by atoms with E-state index in [1.807, 2.05) is 0 Å². The van der Waals surface area contributed by atoms with Crippen LogP contribution in [0.5, 0.6) is 0 Å². The summed E-state index contributed by atoms with van der Waals surface area (Å²) < 4.78 is 0. The van der Waals surface area contributed by atoms with E-state index in [-0.39, 0.29) is 6.42 Å². The monoisotopic (exact) mass is 181 g/mol. The van der Waals surface area contributed by atoms with Gasteiger partial charge in [0.2, 0.25) is 0 Å². The number of nitrogens with two attached hydrogens (primary N) is 2. The summed E-state index contributed by atoms with van der Waals surface area (Å²) in [6.07, 6.45) is 1.79. The van der Waals surface area contributed by atoms with E-state index in [0.29, 0.717) is 5.82 Å². The zero-order valence-corrected chi connectivity index (χ0v) is 6.97. The Bertz CT molecular complexity index is 297. The molecule has 1 atom stereocenters. The third-order valence-electron chi connectivity index (χ3n) is 1.62. The number of pyridine rings is 1. The second kappa shape index (κ2) is 3.86. The van der Waals surface area contributed by atoms with Crippen molar-refractivity contribution in [3.8, 4) is 0 Å². The van der Waals surface area contributed by atoms with E-state index in [9.17, 15) is 4.79 Å². The van der Waals surface area contributed by atoms with Gasteiger partial charge in [0.25, 0.3) is 0 Å². The summed E-state index contributed by atoms with van der Waals surface area (Å²) in [6, 6.07) is 2.44. The number of aliphatic carboxylic acids is 1. The number of carbonyl (C=O) groups is 1. The SMILES string of the molecule is Nc1ccc(C[C@H](N)C(=O)O)cn1. The molecule has 70 valence electrons. The summed E-state index contributed by atoms with van der Waals surface area (Å²) >= 11 is 0. The molecule has 1 aromatic heterocycles. The Kier molecular flexibility index (Phi) is 2.81. The van der Waals surface area contributed by atoms with Gasteiger partial charge in [0.05, 0.1) is 0 Å². The predicted octanol–water partition coefficient (Wildman–Crippen LogP) is -0.382. The normalized spacial score (nSPS) is 12.4. The molecule has 5 N–H and O–H groups in total. The van der Waals surface area contributed by atoms with Crippen LogP contribution in [0, 0.1) is 0 Å². The average molecular weight is 181 g/mol. The van der Waals surface area contributed by atoms with E-state index in [1.165, 1.54) is 6.20 Å². The van der Waals surface area contributed by atoms with Crippen LogP contribution >= 0.6 is 0 Å². The van der Waals surface area contributed by atoms with Crippen LogP contribution < -0.4 is 11.5 Å². The lowest BCUT2D eigenvalue weighted by Crippen LogP contribution is -2.32. The first-order chi connectivity index (χ1) is 6.09. The van der Waals surface area contributed by atoms with Crippen molar-refractivity contribution in [2.45, 2.75) is 12.5 Å². The number of rotatable bonds is 3. The van der Waals surface area contributed by atoms with Gasteiger partial charge in [-0.3, -0.25) is 4.79 Å². The molecular formula is C8H11N3O2. The van der Waals surface area contributed by atoms with Crippen molar-refractivity contribution in [2.24, 2.45) is 5.73 Å². The Balaban J connectivity index is 2.64. The number of aromatic nitrogens is 1. The molecule has 1 heterocycles. The maximum atomic E-state index is 10.4. The summed E-state index contributed by atoms with van der Waals surface area (Å²) in [5, 5.41) is 8.53. The summed E-state index contributed by atoms with van der Waals surface area (Å²) in [6.45, 7) is 0. The molecule has 0 saturated carbocycles. The first kappa shape index (κ1) is 9.47. The van der Waals surface area contributed by atoms with Crippen LogP contribution in [0.1, 0.15) is 5.56 Å². The Labute approximate surface area is 75.4 Å². The van der Waals surface area contributed by atoms with Crippen molar-refractivity contribution in [3.05, 3.63) is 23.9 Å². The van der Waals surface area contributed by atoms with Gasteiger partial charge in [-0.15, -0.1) is 0 Å². The Morgan fingerprint density at radius 3 is 2.77 bits per heavy atom. The number of hydrogen-bond acceptors (Lipinski definition) is 4. The van der Waals surface area contributed by atoms with Crippen LogP contribution in [-0.2, 0) is 11.2 Å². The minimum Gasteiger partial charge on any atom is -0.480 e. The van der Waals surface area contributed by atoms with Gasteiger partial charge in [0.15, 0.2) is 0 Å². The molecule has 5 nitrogen and oxygen atoms in total. The Hall–Kier alpha value is -1.62. The van der Waals surface area contributed by atoms with Crippen LogP contribution in [0.15, 0.2) is 18.3 Å². The van der Waals surface area contributed by atoms with Crippen molar-refractivity contribution in [1.82, 2.24) is 4.98 Å². The van der Waals surface area contributed by atoms with Gasteiger partial charge in [0, 0.05) is 6.20 Å². The van der Waals surface area contributed by atoms with Gasteiger partial charge >= 0.3 is 5.97 Å². The molecule has 0 unspecified atom stereocenters. The molecule has 0 aromatic carbocycles. The fraction of sp³-hybridized carbons (Fsp3) is 0.250. The third-order valence-corrected chi connectivity index (χ3v) is 1.62. The van der Waals surface area contributed by atoms with Crippen molar-refractivity contribution in [3.63, 3.8) is 0 Å². The van der Waals surface area contributed by atoms with E-state index in [2.05, 4.69) is 4.98 Å². The largest absolute Gasteiger partial charge is 0.480 e. The summed E-state index contributed by atoms with van der Waals surface area (Å²) in [7, 11) is 0. The summed E-state index contributed by atoms with van der Waals surface area (Å²) in [5.74, 6) is -0.607. The van der Waals surface area contributed by atoms with Crippen LogP contribution in [0.2, 0.25) is 0 Å². The van der Waals surface area contributed by atoms with Crippen LogP contribution in [0.3, 0.4) is 0 Å². The minimum atomic E-state index is -1.02. The maximum absolute atomic E-state index is 10.4. The number of anilines is 1. The predicted molar refractivity (Wildman–Crippen MR) is 48.0 cm³/mol. The van der Waals surface area contributed by atoms with Crippen molar-refractivity contribution in [2.75, 3.05) is 5.73 Å². The molecule has 0 amide bonds. The topological polar surface area (TPSA) is 102 Å². The van der Waals surface area contributed by atoms with E-state index < -0.39 is 12.0 Å². The van der Waals surface area contributed by atoms with E-state index in [1.54, 1.807) is 12.1 Å². The number of hydrogen-bond donors (Lipinski definition) is 3. The molecule has 0 aliphatic carbocycles. The minimum absolute atomic E-state index is 0.266. The summed E-state index contributed by atoms with van der Waals surface area (Å²) in [4.78, 5) is 14.2. The first-order valence-corrected chi connectivity index (χ1v) is 3.78. The molecule has 0 aliphatic rings.